The van der Waals surface area contributed by atoms with Gasteiger partial charge in [0.1, 0.15) is 5.82 Å². The van der Waals surface area contributed by atoms with Crippen molar-refractivity contribution in [3.05, 3.63) is 65.5 Å². The van der Waals surface area contributed by atoms with Crippen molar-refractivity contribution in [2.75, 3.05) is 24.5 Å². The van der Waals surface area contributed by atoms with Crippen molar-refractivity contribution in [3.8, 4) is 0 Å². The number of rotatable bonds is 3. The Kier molecular flexibility index (Phi) is 5.02. The van der Waals surface area contributed by atoms with Crippen molar-refractivity contribution >= 4 is 11.6 Å². The molecule has 1 saturated heterocycles. The highest BCUT2D eigenvalue weighted by atomic mass is 19.1. The van der Waals surface area contributed by atoms with Crippen molar-refractivity contribution in [2.45, 2.75) is 32.2 Å². The van der Waals surface area contributed by atoms with Gasteiger partial charge in [0.2, 0.25) is 5.91 Å². The quantitative estimate of drug-likeness (QED) is 0.833. The number of nitrogens with zero attached hydrogens (tertiary/aromatic N) is 2. The molecule has 0 bridgehead atoms. The highest BCUT2D eigenvalue weighted by Crippen LogP contribution is 2.31. The Morgan fingerprint density at radius 2 is 1.92 bits per heavy atom. The minimum Gasteiger partial charge on any atom is -0.312 e. The Labute approximate surface area is 154 Å². The summed E-state index contributed by atoms with van der Waals surface area (Å²) in [6.45, 7) is 3.40. The molecule has 4 heteroatoms. The largest absolute Gasteiger partial charge is 0.312 e. The molecule has 1 unspecified atom stereocenters. The molecule has 2 heterocycles. The molecular formula is C22H25FN2O. The van der Waals surface area contributed by atoms with E-state index < -0.39 is 0 Å². The van der Waals surface area contributed by atoms with Crippen molar-refractivity contribution < 1.29 is 9.18 Å². The van der Waals surface area contributed by atoms with Crippen LogP contribution in [0.1, 0.15) is 30.4 Å². The van der Waals surface area contributed by atoms with Gasteiger partial charge < -0.3 is 4.90 Å². The molecule has 1 atom stereocenters. The SMILES string of the molecule is O=C(C1CCCN(Cc2ccccc2)C1)N1CCCc2ccc(F)cc21. The number of carbonyl (C=O) groups is 1. The lowest BCUT2D eigenvalue weighted by atomic mass is 9.93. The first kappa shape index (κ1) is 17.2. The van der Waals surface area contributed by atoms with E-state index in [1.807, 2.05) is 17.0 Å². The van der Waals surface area contributed by atoms with Gasteiger partial charge in [-0.2, -0.15) is 0 Å². The Hall–Kier alpha value is -2.20. The van der Waals surface area contributed by atoms with Gasteiger partial charge in [0, 0.05) is 25.3 Å². The van der Waals surface area contributed by atoms with Crippen LogP contribution in [-0.4, -0.2) is 30.4 Å². The van der Waals surface area contributed by atoms with Crippen LogP contribution in [0.3, 0.4) is 0 Å². The van der Waals surface area contributed by atoms with E-state index >= 15 is 0 Å². The maximum absolute atomic E-state index is 13.7. The molecule has 1 amide bonds. The summed E-state index contributed by atoms with van der Waals surface area (Å²) in [7, 11) is 0. The van der Waals surface area contributed by atoms with Crippen LogP contribution in [-0.2, 0) is 17.8 Å². The number of piperidine rings is 1. The summed E-state index contributed by atoms with van der Waals surface area (Å²) in [5.74, 6) is -0.103. The van der Waals surface area contributed by atoms with E-state index in [1.54, 1.807) is 0 Å². The fraction of sp³-hybridized carbons (Fsp3) is 0.409. The topological polar surface area (TPSA) is 23.6 Å². The summed E-state index contributed by atoms with van der Waals surface area (Å²) in [6.07, 6.45) is 3.83. The molecule has 4 rings (SSSR count). The van der Waals surface area contributed by atoms with Crippen LogP contribution in [0.25, 0.3) is 0 Å². The highest BCUT2D eigenvalue weighted by molar-refractivity contribution is 5.96. The van der Waals surface area contributed by atoms with Crippen LogP contribution in [0.15, 0.2) is 48.5 Å². The van der Waals surface area contributed by atoms with Crippen molar-refractivity contribution in [1.82, 2.24) is 4.90 Å². The van der Waals surface area contributed by atoms with Gasteiger partial charge in [-0.25, -0.2) is 4.39 Å². The van der Waals surface area contributed by atoms with E-state index in [1.165, 1.54) is 17.7 Å². The molecule has 136 valence electrons. The second-order valence-electron chi connectivity index (χ2n) is 7.43. The van der Waals surface area contributed by atoms with E-state index in [2.05, 4.69) is 29.2 Å². The molecule has 0 aliphatic carbocycles. The molecule has 1 fully saturated rings. The zero-order valence-electron chi connectivity index (χ0n) is 15.0. The van der Waals surface area contributed by atoms with Gasteiger partial charge in [0.15, 0.2) is 0 Å². The van der Waals surface area contributed by atoms with Crippen LogP contribution in [0.2, 0.25) is 0 Å². The van der Waals surface area contributed by atoms with E-state index in [9.17, 15) is 9.18 Å². The van der Waals surface area contributed by atoms with E-state index in [-0.39, 0.29) is 17.6 Å². The van der Waals surface area contributed by atoms with Gasteiger partial charge >= 0.3 is 0 Å². The molecule has 2 aliphatic heterocycles. The Bertz CT molecular complexity index is 777. The maximum Gasteiger partial charge on any atom is 0.231 e. The summed E-state index contributed by atoms with van der Waals surface area (Å²) in [4.78, 5) is 17.4. The number of hydrogen-bond donors (Lipinski definition) is 0. The third kappa shape index (κ3) is 3.65. The number of halogens is 1. The zero-order chi connectivity index (χ0) is 17.9. The van der Waals surface area contributed by atoms with Crippen LogP contribution in [0.5, 0.6) is 0 Å². The molecule has 2 aromatic rings. The molecule has 0 N–H and O–H groups in total. The molecular weight excluding hydrogens is 327 g/mol. The minimum atomic E-state index is -0.266. The van der Waals surface area contributed by atoms with E-state index in [0.717, 1.165) is 56.6 Å². The van der Waals surface area contributed by atoms with Crippen molar-refractivity contribution in [3.63, 3.8) is 0 Å². The maximum atomic E-state index is 13.7. The van der Waals surface area contributed by atoms with Crippen LogP contribution < -0.4 is 4.90 Å². The number of carbonyl (C=O) groups excluding carboxylic acids is 1. The van der Waals surface area contributed by atoms with Gasteiger partial charge in [-0.05, 0) is 55.5 Å². The lowest BCUT2D eigenvalue weighted by Crippen LogP contribution is -2.46. The number of likely N-dealkylation sites (tertiary alicyclic amines) is 1. The normalized spacial score (nSPS) is 20.7. The fourth-order valence-electron chi connectivity index (χ4n) is 4.24. The molecule has 0 radical (unpaired) electrons. The van der Waals surface area contributed by atoms with Crippen LogP contribution in [0, 0.1) is 11.7 Å². The van der Waals surface area contributed by atoms with Gasteiger partial charge in [0.25, 0.3) is 0 Å². The Morgan fingerprint density at radius 3 is 2.77 bits per heavy atom. The van der Waals surface area contributed by atoms with Gasteiger partial charge in [-0.3, -0.25) is 9.69 Å². The minimum absolute atomic E-state index is 0.00156. The predicted octanol–water partition coefficient (Wildman–Crippen LogP) is 4.02. The van der Waals surface area contributed by atoms with E-state index in [0.29, 0.717) is 6.54 Å². The zero-order valence-corrected chi connectivity index (χ0v) is 15.0. The monoisotopic (exact) mass is 352 g/mol. The van der Waals surface area contributed by atoms with Gasteiger partial charge in [-0.15, -0.1) is 0 Å². The smallest absolute Gasteiger partial charge is 0.231 e. The second kappa shape index (κ2) is 7.58. The number of aryl methyl sites for hydroxylation is 1. The molecule has 0 saturated carbocycles. The number of hydrogen-bond acceptors (Lipinski definition) is 2. The second-order valence-corrected chi connectivity index (χ2v) is 7.43. The molecule has 0 spiro atoms. The first-order valence-electron chi connectivity index (χ1n) is 9.57. The first-order chi connectivity index (χ1) is 12.7. The summed E-state index contributed by atoms with van der Waals surface area (Å²) in [5.41, 5.74) is 3.15. The van der Waals surface area contributed by atoms with E-state index in [4.69, 9.17) is 0 Å². The molecule has 26 heavy (non-hydrogen) atoms. The molecule has 3 nitrogen and oxygen atoms in total. The average molecular weight is 352 g/mol. The number of fused-ring (bicyclic) bond motifs is 1. The Balaban J connectivity index is 1.47. The molecule has 2 aliphatic rings. The lowest BCUT2D eigenvalue weighted by Gasteiger charge is -2.37. The third-order valence-corrected chi connectivity index (χ3v) is 5.54. The first-order valence-corrected chi connectivity index (χ1v) is 9.57. The standard InChI is InChI=1S/C22H25FN2O/c23-20-11-10-18-8-5-13-25(21(18)14-20)22(26)19-9-4-12-24(16-19)15-17-6-2-1-3-7-17/h1-3,6-7,10-11,14,19H,4-5,8-9,12-13,15-16H2. The van der Waals surface area contributed by atoms with Gasteiger partial charge in [-0.1, -0.05) is 36.4 Å². The van der Waals surface area contributed by atoms with Crippen molar-refractivity contribution in [2.24, 2.45) is 5.92 Å². The third-order valence-electron chi connectivity index (χ3n) is 5.54. The average Bonchev–Trinajstić information content (AvgIpc) is 2.68. The highest BCUT2D eigenvalue weighted by Gasteiger charge is 2.32. The van der Waals surface area contributed by atoms with Gasteiger partial charge in [0.05, 0.1) is 5.92 Å². The summed E-state index contributed by atoms with van der Waals surface area (Å²) < 4.78 is 13.7. The van der Waals surface area contributed by atoms with Crippen LogP contribution >= 0.6 is 0 Å². The lowest BCUT2D eigenvalue weighted by molar-refractivity contribution is -0.124. The summed E-state index contributed by atoms with van der Waals surface area (Å²) in [6, 6.07) is 15.3. The number of amides is 1. The number of anilines is 1. The fourth-order valence-corrected chi connectivity index (χ4v) is 4.24. The molecule has 2 aromatic carbocycles. The Morgan fingerprint density at radius 1 is 1.08 bits per heavy atom. The number of benzene rings is 2. The van der Waals surface area contributed by atoms with Crippen molar-refractivity contribution in [1.29, 1.82) is 0 Å². The summed E-state index contributed by atoms with van der Waals surface area (Å²) in [5, 5.41) is 0. The van der Waals surface area contributed by atoms with Crippen LogP contribution in [0.4, 0.5) is 10.1 Å². The predicted molar refractivity (Wildman–Crippen MR) is 102 cm³/mol. The summed E-state index contributed by atoms with van der Waals surface area (Å²) >= 11 is 0. The molecule has 0 aromatic heterocycles.